The molecule has 0 aliphatic heterocycles. The number of hydrogen-bond acceptors (Lipinski definition) is 0. The third-order valence-electron chi connectivity index (χ3n) is 9.88. The van der Waals surface area contributed by atoms with Crippen LogP contribution in [-0.4, -0.2) is 9.13 Å². The van der Waals surface area contributed by atoms with Gasteiger partial charge in [0.1, 0.15) is 0 Å². The van der Waals surface area contributed by atoms with Gasteiger partial charge in [0.15, 0.2) is 0 Å². The highest BCUT2D eigenvalue weighted by atomic mass is 15.0. The fraction of sp³-hybridized carbons (Fsp3) is 0. The quantitative estimate of drug-likeness (QED) is 0.188. The summed E-state index contributed by atoms with van der Waals surface area (Å²) < 4.78 is 4.89. The molecule has 0 amide bonds. The molecule has 0 aliphatic carbocycles. The normalized spacial score (nSPS) is 11.8. The number of nitrogens with zero attached hydrogens (tertiary/aromatic N) is 2. The van der Waals surface area contributed by atoms with E-state index < -0.39 is 0 Å². The molecule has 0 spiro atoms. The number of benzene rings is 8. The Morgan fingerprint density at radius 2 is 0.729 bits per heavy atom. The molecule has 0 aliphatic rings. The Morgan fingerprint density at radius 1 is 0.271 bits per heavy atom. The van der Waals surface area contributed by atoms with Gasteiger partial charge >= 0.3 is 0 Å². The van der Waals surface area contributed by atoms with Gasteiger partial charge in [-0.2, -0.15) is 0 Å². The molecule has 2 heterocycles. The zero-order valence-electron chi connectivity index (χ0n) is 26.2. The van der Waals surface area contributed by atoms with Crippen LogP contribution in [0.1, 0.15) is 0 Å². The number of rotatable bonds is 4. The van der Waals surface area contributed by atoms with E-state index in [1.165, 1.54) is 76.6 Å². The van der Waals surface area contributed by atoms with E-state index in [9.17, 15) is 0 Å². The lowest BCUT2D eigenvalue weighted by molar-refractivity contribution is 1.17. The summed E-state index contributed by atoms with van der Waals surface area (Å²) in [5.74, 6) is 0. The molecule has 0 saturated heterocycles. The summed E-state index contributed by atoms with van der Waals surface area (Å²) in [6.07, 6.45) is 0. The summed E-state index contributed by atoms with van der Waals surface area (Å²) in [6, 6.07) is 66.2. The Labute approximate surface area is 278 Å². The lowest BCUT2D eigenvalue weighted by atomic mass is 10.0. The maximum absolute atomic E-state index is 2.45. The Hall–Kier alpha value is -6.38. The molecule has 2 heteroatoms. The molecule has 10 aromatic rings. The molecule has 0 N–H and O–H groups in total. The molecule has 224 valence electrons. The van der Waals surface area contributed by atoms with E-state index in [0.29, 0.717) is 0 Å². The summed E-state index contributed by atoms with van der Waals surface area (Å²) in [4.78, 5) is 0. The Kier molecular flexibility index (Phi) is 5.91. The second-order valence-electron chi connectivity index (χ2n) is 12.6. The van der Waals surface area contributed by atoms with Crippen LogP contribution in [0.3, 0.4) is 0 Å². The molecule has 2 nitrogen and oxygen atoms in total. The molecule has 10 rings (SSSR count). The van der Waals surface area contributed by atoms with E-state index in [4.69, 9.17) is 0 Å². The highest BCUT2D eigenvalue weighted by Crippen LogP contribution is 2.44. The minimum absolute atomic E-state index is 1.16. The van der Waals surface area contributed by atoms with E-state index in [1.807, 2.05) is 0 Å². The van der Waals surface area contributed by atoms with Gasteiger partial charge in [-0.25, -0.2) is 0 Å². The fourth-order valence-electron chi connectivity index (χ4n) is 7.68. The number of aromatic nitrogens is 2. The summed E-state index contributed by atoms with van der Waals surface area (Å²) in [5.41, 5.74) is 12.0. The first-order chi connectivity index (χ1) is 23.8. The predicted molar refractivity (Wildman–Crippen MR) is 203 cm³/mol. The van der Waals surface area contributed by atoms with Gasteiger partial charge in [0.2, 0.25) is 0 Å². The summed E-state index contributed by atoms with van der Waals surface area (Å²) >= 11 is 0. The third-order valence-corrected chi connectivity index (χ3v) is 9.88. The maximum Gasteiger partial charge on any atom is 0.0548 e. The van der Waals surface area contributed by atoms with E-state index in [-0.39, 0.29) is 0 Å². The van der Waals surface area contributed by atoms with Crippen molar-refractivity contribution in [3.63, 3.8) is 0 Å². The molecule has 0 fully saturated rings. The van der Waals surface area contributed by atoms with Crippen molar-refractivity contribution in [1.29, 1.82) is 0 Å². The predicted octanol–water partition coefficient (Wildman–Crippen LogP) is 12.4. The minimum Gasteiger partial charge on any atom is -0.309 e. The van der Waals surface area contributed by atoms with Crippen LogP contribution in [0.15, 0.2) is 182 Å². The topological polar surface area (TPSA) is 9.86 Å². The molecule has 0 bridgehead atoms. The summed E-state index contributed by atoms with van der Waals surface area (Å²) in [5, 5.41) is 7.58. The Balaban J connectivity index is 1.33. The van der Waals surface area contributed by atoms with Gasteiger partial charge in [0, 0.05) is 32.9 Å². The largest absolute Gasteiger partial charge is 0.309 e. The zero-order chi connectivity index (χ0) is 31.6. The van der Waals surface area contributed by atoms with E-state index in [0.717, 1.165) is 11.4 Å². The van der Waals surface area contributed by atoms with Gasteiger partial charge in [-0.1, -0.05) is 127 Å². The number of para-hydroxylation sites is 1. The average molecular weight is 611 g/mol. The summed E-state index contributed by atoms with van der Waals surface area (Å²) in [7, 11) is 0. The van der Waals surface area contributed by atoms with Crippen LogP contribution >= 0.6 is 0 Å². The van der Waals surface area contributed by atoms with Crippen LogP contribution < -0.4 is 0 Å². The molecule has 8 aromatic carbocycles. The lowest BCUT2D eigenvalue weighted by Gasteiger charge is -2.11. The smallest absolute Gasteiger partial charge is 0.0548 e. The van der Waals surface area contributed by atoms with Crippen LogP contribution in [0.25, 0.3) is 88.0 Å². The van der Waals surface area contributed by atoms with Crippen molar-refractivity contribution < 1.29 is 0 Å². The van der Waals surface area contributed by atoms with Crippen molar-refractivity contribution in [2.75, 3.05) is 0 Å². The molecule has 0 radical (unpaired) electrons. The monoisotopic (exact) mass is 610 g/mol. The second kappa shape index (κ2) is 10.6. The van der Waals surface area contributed by atoms with Gasteiger partial charge in [0.05, 0.1) is 22.1 Å². The molecule has 2 aromatic heterocycles. The summed E-state index contributed by atoms with van der Waals surface area (Å²) in [6.45, 7) is 0. The SMILES string of the molecule is c1ccc(-c2ccc(-n3c4cc5ccccc5cc4c4c5c6ccc(-c7ccccc7)cc6n(-c6ccccc6)c5ccc43)cc2)cc1. The fourth-order valence-corrected chi connectivity index (χ4v) is 7.68. The van der Waals surface area contributed by atoms with Crippen LogP contribution in [0.2, 0.25) is 0 Å². The maximum atomic E-state index is 2.45. The van der Waals surface area contributed by atoms with Crippen LogP contribution in [0, 0.1) is 0 Å². The standard InChI is InChI=1S/C46H30N2/c1-4-12-31(13-5-1)33-20-23-38(24-21-33)48-42-27-26-41-45(46(42)40-28-34-16-10-11-17-35(34)29-44(40)48)39-25-22-36(32-14-6-2-7-15-32)30-43(39)47(41)37-18-8-3-9-19-37/h1-30H. The number of hydrogen-bond donors (Lipinski definition) is 0. The highest BCUT2D eigenvalue weighted by Gasteiger charge is 2.21. The Morgan fingerprint density at radius 3 is 1.38 bits per heavy atom. The van der Waals surface area contributed by atoms with Gasteiger partial charge in [-0.15, -0.1) is 0 Å². The lowest BCUT2D eigenvalue weighted by Crippen LogP contribution is -1.95. The van der Waals surface area contributed by atoms with Gasteiger partial charge in [0.25, 0.3) is 0 Å². The van der Waals surface area contributed by atoms with Gasteiger partial charge < -0.3 is 9.13 Å². The highest BCUT2D eigenvalue weighted by molar-refractivity contribution is 6.30. The van der Waals surface area contributed by atoms with Gasteiger partial charge in [-0.3, -0.25) is 0 Å². The molecule has 0 atom stereocenters. The van der Waals surface area contributed by atoms with Crippen LogP contribution in [-0.2, 0) is 0 Å². The number of fused-ring (bicyclic) bond motifs is 8. The van der Waals surface area contributed by atoms with Crippen molar-refractivity contribution in [2.24, 2.45) is 0 Å². The first-order valence-electron chi connectivity index (χ1n) is 16.5. The van der Waals surface area contributed by atoms with Crippen molar-refractivity contribution in [1.82, 2.24) is 9.13 Å². The molecule has 0 saturated carbocycles. The van der Waals surface area contributed by atoms with E-state index in [2.05, 4.69) is 191 Å². The van der Waals surface area contributed by atoms with E-state index >= 15 is 0 Å². The van der Waals surface area contributed by atoms with Crippen LogP contribution in [0.4, 0.5) is 0 Å². The van der Waals surface area contributed by atoms with Crippen molar-refractivity contribution in [2.45, 2.75) is 0 Å². The van der Waals surface area contributed by atoms with Crippen LogP contribution in [0.5, 0.6) is 0 Å². The minimum atomic E-state index is 1.16. The Bertz CT molecular complexity index is 2790. The third kappa shape index (κ3) is 4.06. The molecule has 48 heavy (non-hydrogen) atoms. The molecular weight excluding hydrogens is 581 g/mol. The average Bonchev–Trinajstić information content (AvgIpc) is 3.66. The second-order valence-corrected chi connectivity index (χ2v) is 12.6. The van der Waals surface area contributed by atoms with Crippen molar-refractivity contribution in [3.8, 4) is 33.6 Å². The first-order valence-corrected chi connectivity index (χ1v) is 16.5. The van der Waals surface area contributed by atoms with Crippen molar-refractivity contribution in [3.05, 3.63) is 182 Å². The molecule has 0 unspecified atom stereocenters. The van der Waals surface area contributed by atoms with Crippen molar-refractivity contribution >= 4 is 54.4 Å². The van der Waals surface area contributed by atoms with Gasteiger partial charge in [-0.05, 0) is 87.6 Å². The van der Waals surface area contributed by atoms with E-state index in [1.54, 1.807) is 0 Å². The molecular formula is C46H30N2. The first kappa shape index (κ1) is 26.8. The zero-order valence-corrected chi connectivity index (χ0v) is 26.2.